The molecule has 0 aromatic rings. The summed E-state index contributed by atoms with van der Waals surface area (Å²) in [5.74, 6) is 0.721. The van der Waals surface area contributed by atoms with Gasteiger partial charge >= 0.3 is 7.62 Å². The Bertz CT molecular complexity index is 177. The van der Waals surface area contributed by atoms with Crippen molar-refractivity contribution in [3.8, 4) is 0 Å². The van der Waals surface area contributed by atoms with E-state index in [1.807, 2.05) is 0 Å². The number of nitrogens with zero attached hydrogens (tertiary/aromatic N) is 1. The van der Waals surface area contributed by atoms with Gasteiger partial charge in [0.15, 0.2) is 0 Å². The van der Waals surface area contributed by atoms with E-state index in [4.69, 9.17) is 4.65 Å². The molecule has 1 N–H and O–H groups in total. The second-order valence-corrected chi connectivity index (χ2v) is 4.33. The summed E-state index contributed by atoms with van der Waals surface area (Å²) >= 11 is 0. The van der Waals surface area contributed by atoms with Gasteiger partial charge in [0.2, 0.25) is 0 Å². The highest BCUT2D eigenvalue weighted by atomic mass is 16.4. The maximum absolute atomic E-state index is 9.58. The van der Waals surface area contributed by atoms with Gasteiger partial charge in [0, 0.05) is 13.2 Å². The Labute approximate surface area is 80.4 Å². The van der Waals surface area contributed by atoms with E-state index < -0.39 is 0 Å². The maximum atomic E-state index is 9.58. The van der Waals surface area contributed by atoms with E-state index in [0.717, 1.165) is 32.9 Å². The molecule has 0 aromatic carbocycles. The number of aliphatic hydroxyl groups is 1. The Hall–Kier alpha value is -0.0551. The first kappa shape index (κ1) is 9.50. The second kappa shape index (κ2) is 3.99. The maximum Gasteiger partial charge on any atom is 0.363 e. The van der Waals surface area contributed by atoms with Crippen LogP contribution in [0.25, 0.3) is 0 Å². The Morgan fingerprint density at radius 3 is 3.08 bits per heavy atom. The molecule has 0 bridgehead atoms. The second-order valence-electron chi connectivity index (χ2n) is 4.33. The Balaban J connectivity index is 1.97. The van der Waals surface area contributed by atoms with Gasteiger partial charge in [-0.1, -0.05) is 0 Å². The lowest BCUT2D eigenvalue weighted by atomic mass is 9.88. The summed E-state index contributed by atoms with van der Waals surface area (Å²) in [6.07, 6.45) is 4.45. The largest absolute Gasteiger partial charge is 0.427 e. The van der Waals surface area contributed by atoms with Crippen molar-refractivity contribution in [2.75, 3.05) is 13.7 Å². The van der Waals surface area contributed by atoms with Crippen molar-refractivity contribution < 1.29 is 9.76 Å². The number of hydrogen-bond acceptors (Lipinski definition) is 3. The standard InChI is InChI=1S/C9H18BNO2/c1-13-10-11-4-2-3-7-5-8(12)6-9(7)11/h7-10,12H,2-6H2,1H3/t7-,8+,9?/m0/s1. The van der Waals surface area contributed by atoms with Crippen molar-refractivity contribution >= 4 is 7.62 Å². The summed E-state index contributed by atoms with van der Waals surface area (Å²) in [6.45, 7) is 1.14. The molecule has 2 aliphatic rings. The summed E-state index contributed by atoms with van der Waals surface area (Å²) in [7, 11) is 2.48. The number of rotatable bonds is 2. The van der Waals surface area contributed by atoms with Crippen LogP contribution in [0.5, 0.6) is 0 Å². The van der Waals surface area contributed by atoms with Crippen molar-refractivity contribution in [1.29, 1.82) is 0 Å². The zero-order valence-corrected chi connectivity index (χ0v) is 8.28. The van der Waals surface area contributed by atoms with Gasteiger partial charge < -0.3 is 14.6 Å². The third-order valence-corrected chi connectivity index (χ3v) is 3.42. The predicted molar refractivity (Wildman–Crippen MR) is 52.6 cm³/mol. The van der Waals surface area contributed by atoms with Crippen LogP contribution in [0.3, 0.4) is 0 Å². The number of fused-ring (bicyclic) bond motifs is 1. The lowest BCUT2D eigenvalue weighted by molar-refractivity contribution is 0.168. The van der Waals surface area contributed by atoms with E-state index in [-0.39, 0.29) is 6.10 Å². The minimum absolute atomic E-state index is 0.0625. The molecule has 74 valence electrons. The fraction of sp³-hybridized carbons (Fsp3) is 1.00. The molecule has 1 saturated carbocycles. The first-order chi connectivity index (χ1) is 6.31. The summed E-state index contributed by atoms with van der Waals surface area (Å²) < 4.78 is 5.17. The smallest absolute Gasteiger partial charge is 0.363 e. The monoisotopic (exact) mass is 183 g/mol. The molecule has 2 rings (SSSR count). The first-order valence-electron chi connectivity index (χ1n) is 5.22. The van der Waals surface area contributed by atoms with E-state index in [1.165, 1.54) is 12.8 Å². The molecule has 1 aliphatic heterocycles. The summed E-state index contributed by atoms with van der Waals surface area (Å²) in [5, 5.41) is 9.58. The van der Waals surface area contributed by atoms with Crippen LogP contribution in [0.4, 0.5) is 0 Å². The van der Waals surface area contributed by atoms with Crippen molar-refractivity contribution in [2.45, 2.75) is 37.8 Å². The lowest BCUT2D eigenvalue weighted by Gasteiger charge is -2.36. The van der Waals surface area contributed by atoms with Crippen LogP contribution in [-0.2, 0) is 4.65 Å². The molecule has 2 fully saturated rings. The molecule has 1 aliphatic carbocycles. The first-order valence-corrected chi connectivity index (χ1v) is 5.22. The molecule has 0 aromatic heterocycles. The topological polar surface area (TPSA) is 32.7 Å². The summed E-state index contributed by atoms with van der Waals surface area (Å²) in [6, 6.07) is 0.587. The molecule has 0 spiro atoms. The van der Waals surface area contributed by atoms with Gasteiger partial charge in [0.25, 0.3) is 0 Å². The highest BCUT2D eigenvalue weighted by Crippen LogP contribution is 2.36. The van der Waals surface area contributed by atoms with Crippen LogP contribution in [0.15, 0.2) is 0 Å². The van der Waals surface area contributed by atoms with Crippen LogP contribution in [-0.4, -0.2) is 43.3 Å². The number of hydrogen-bond donors (Lipinski definition) is 1. The average Bonchev–Trinajstić information content (AvgIpc) is 2.47. The normalized spacial score (nSPS) is 40.3. The van der Waals surface area contributed by atoms with Gasteiger partial charge in [-0.3, -0.25) is 0 Å². The number of piperidine rings is 1. The minimum atomic E-state index is -0.0625. The molecular weight excluding hydrogens is 165 g/mol. The molecule has 3 atom stereocenters. The SMILES string of the molecule is COBN1CCC[C@H]2C[C@@H](O)CC21. The summed E-state index contributed by atoms with van der Waals surface area (Å²) in [4.78, 5) is 2.38. The molecule has 0 radical (unpaired) electrons. The van der Waals surface area contributed by atoms with Gasteiger partial charge in [0.05, 0.1) is 6.10 Å². The highest BCUT2D eigenvalue weighted by molar-refractivity contribution is 6.23. The quantitative estimate of drug-likeness (QED) is 0.618. The zero-order chi connectivity index (χ0) is 9.26. The van der Waals surface area contributed by atoms with Crippen LogP contribution >= 0.6 is 0 Å². The van der Waals surface area contributed by atoms with Crippen LogP contribution in [0.2, 0.25) is 0 Å². The molecule has 1 unspecified atom stereocenters. The van der Waals surface area contributed by atoms with Gasteiger partial charge in [-0.2, -0.15) is 0 Å². The van der Waals surface area contributed by atoms with Crippen LogP contribution in [0, 0.1) is 5.92 Å². The molecule has 1 saturated heterocycles. The minimum Gasteiger partial charge on any atom is -0.427 e. The molecule has 4 heteroatoms. The third kappa shape index (κ3) is 1.90. The van der Waals surface area contributed by atoms with Crippen molar-refractivity contribution in [3.63, 3.8) is 0 Å². The van der Waals surface area contributed by atoms with Crippen molar-refractivity contribution in [1.82, 2.24) is 4.81 Å². The zero-order valence-electron chi connectivity index (χ0n) is 8.28. The summed E-state index contributed by atoms with van der Waals surface area (Å²) in [5.41, 5.74) is 0. The van der Waals surface area contributed by atoms with Gasteiger partial charge in [-0.25, -0.2) is 0 Å². The molecule has 3 nitrogen and oxygen atoms in total. The Morgan fingerprint density at radius 2 is 2.31 bits per heavy atom. The van der Waals surface area contributed by atoms with Crippen molar-refractivity contribution in [3.05, 3.63) is 0 Å². The molecule has 13 heavy (non-hydrogen) atoms. The van der Waals surface area contributed by atoms with Crippen LogP contribution < -0.4 is 0 Å². The van der Waals surface area contributed by atoms with E-state index >= 15 is 0 Å². The Kier molecular flexibility index (Phi) is 2.91. The fourth-order valence-corrected chi connectivity index (χ4v) is 2.88. The highest BCUT2D eigenvalue weighted by Gasteiger charge is 2.39. The fourth-order valence-electron chi connectivity index (χ4n) is 2.88. The third-order valence-electron chi connectivity index (χ3n) is 3.42. The predicted octanol–water partition coefficient (Wildman–Crippen LogP) is 0.135. The van der Waals surface area contributed by atoms with E-state index in [1.54, 1.807) is 7.11 Å². The van der Waals surface area contributed by atoms with E-state index in [2.05, 4.69) is 4.81 Å². The van der Waals surface area contributed by atoms with E-state index in [9.17, 15) is 5.11 Å². The molecule has 0 amide bonds. The van der Waals surface area contributed by atoms with Crippen LogP contribution in [0.1, 0.15) is 25.7 Å². The van der Waals surface area contributed by atoms with Crippen molar-refractivity contribution in [2.24, 2.45) is 5.92 Å². The van der Waals surface area contributed by atoms with Gasteiger partial charge in [0.1, 0.15) is 0 Å². The van der Waals surface area contributed by atoms with Gasteiger partial charge in [-0.15, -0.1) is 0 Å². The lowest BCUT2D eigenvalue weighted by Crippen LogP contribution is -2.45. The average molecular weight is 183 g/mol. The van der Waals surface area contributed by atoms with Gasteiger partial charge in [-0.05, 0) is 38.1 Å². The molecular formula is C9H18BNO2. The van der Waals surface area contributed by atoms with E-state index in [0.29, 0.717) is 6.04 Å². The molecule has 1 heterocycles. The number of aliphatic hydroxyl groups excluding tert-OH is 1. The Morgan fingerprint density at radius 1 is 1.46 bits per heavy atom.